The minimum absolute atomic E-state index is 0.149. The average molecular weight is 285 g/mol. The van der Waals surface area contributed by atoms with E-state index in [2.05, 4.69) is 4.72 Å². The molecule has 0 amide bonds. The molecule has 2 rings (SSSR count). The second-order valence-corrected chi connectivity index (χ2v) is 6.49. The fraction of sp³-hybridized carbons (Fsp3) is 0.538. The van der Waals surface area contributed by atoms with Gasteiger partial charge in [0.2, 0.25) is 10.0 Å². The maximum Gasteiger partial charge on any atom is 0.211 e. The molecule has 0 fully saturated rings. The molecule has 0 saturated heterocycles. The summed E-state index contributed by atoms with van der Waals surface area (Å²) in [5.74, 6) is 1.56. The molecule has 1 aromatic carbocycles. The number of nitrogens with one attached hydrogen (secondary N) is 1. The highest BCUT2D eigenvalue weighted by molar-refractivity contribution is 7.89. The van der Waals surface area contributed by atoms with Gasteiger partial charge in [-0.3, -0.25) is 0 Å². The lowest BCUT2D eigenvalue weighted by atomic mass is 10.1. The number of benzene rings is 1. The Morgan fingerprint density at radius 1 is 1.21 bits per heavy atom. The first-order valence-electron chi connectivity index (χ1n) is 6.38. The van der Waals surface area contributed by atoms with Crippen molar-refractivity contribution in [1.29, 1.82) is 0 Å². The summed E-state index contributed by atoms with van der Waals surface area (Å²) in [5.41, 5.74) is 1.90. The van der Waals surface area contributed by atoms with Crippen molar-refractivity contribution < 1.29 is 17.9 Å². The Balaban J connectivity index is 2.13. The third kappa shape index (κ3) is 3.61. The van der Waals surface area contributed by atoms with E-state index in [9.17, 15) is 8.42 Å². The standard InChI is InChI=1S/C13H19NO4S/c1-3-6-19(15,16)14-9-11-8-13-12(7-10(11)2)17-4-5-18-13/h7-8,14H,3-6,9H2,1-2H3. The van der Waals surface area contributed by atoms with Crippen LogP contribution in [0.25, 0.3) is 0 Å². The third-order valence-electron chi connectivity index (χ3n) is 2.96. The van der Waals surface area contributed by atoms with Crippen LogP contribution in [0.3, 0.4) is 0 Å². The van der Waals surface area contributed by atoms with Crippen LogP contribution in [0.4, 0.5) is 0 Å². The lowest BCUT2D eigenvalue weighted by molar-refractivity contribution is 0.171. The molecule has 106 valence electrons. The molecular formula is C13H19NO4S. The summed E-state index contributed by atoms with van der Waals surface area (Å²) in [7, 11) is -3.19. The van der Waals surface area contributed by atoms with Crippen molar-refractivity contribution in [3.05, 3.63) is 23.3 Å². The van der Waals surface area contributed by atoms with Gasteiger partial charge >= 0.3 is 0 Å². The first-order chi connectivity index (χ1) is 9.02. The highest BCUT2D eigenvalue weighted by atomic mass is 32.2. The van der Waals surface area contributed by atoms with E-state index in [1.807, 2.05) is 26.0 Å². The fourth-order valence-electron chi connectivity index (χ4n) is 1.95. The summed E-state index contributed by atoms with van der Waals surface area (Å²) in [6.07, 6.45) is 0.607. The molecule has 0 spiro atoms. The summed E-state index contributed by atoms with van der Waals surface area (Å²) in [6, 6.07) is 3.73. The summed E-state index contributed by atoms with van der Waals surface area (Å²) in [6.45, 7) is 5.13. The summed E-state index contributed by atoms with van der Waals surface area (Å²) in [5, 5.41) is 0. The molecule has 0 aromatic heterocycles. The smallest absolute Gasteiger partial charge is 0.211 e. The zero-order valence-electron chi connectivity index (χ0n) is 11.2. The first kappa shape index (κ1) is 14.1. The lowest BCUT2D eigenvalue weighted by Gasteiger charge is -2.20. The Labute approximate surface area is 114 Å². The Kier molecular flexibility index (Phi) is 4.31. The van der Waals surface area contributed by atoms with Crippen LogP contribution < -0.4 is 14.2 Å². The van der Waals surface area contributed by atoms with Crippen LogP contribution in [0.5, 0.6) is 11.5 Å². The Morgan fingerprint density at radius 2 is 1.84 bits per heavy atom. The number of hydrogen-bond donors (Lipinski definition) is 1. The highest BCUT2D eigenvalue weighted by Crippen LogP contribution is 2.32. The van der Waals surface area contributed by atoms with Crippen molar-refractivity contribution in [2.24, 2.45) is 0 Å². The van der Waals surface area contributed by atoms with Gasteiger partial charge in [0.05, 0.1) is 5.75 Å². The van der Waals surface area contributed by atoms with Gasteiger partial charge in [-0.2, -0.15) is 0 Å². The van der Waals surface area contributed by atoms with Gasteiger partial charge in [0.15, 0.2) is 11.5 Å². The van der Waals surface area contributed by atoms with Gasteiger partial charge in [0.1, 0.15) is 13.2 Å². The number of hydrogen-bond acceptors (Lipinski definition) is 4. The molecule has 0 radical (unpaired) electrons. The van der Waals surface area contributed by atoms with Crippen molar-refractivity contribution in [1.82, 2.24) is 4.72 Å². The molecular weight excluding hydrogens is 266 g/mol. The molecule has 19 heavy (non-hydrogen) atoms. The Morgan fingerprint density at radius 3 is 2.47 bits per heavy atom. The third-order valence-corrected chi connectivity index (χ3v) is 4.49. The highest BCUT2D eigenvalue weighted by Gasteiger charge is 2.15. The van der Waals surface area contributed by atoms with Crippen molar-refractivity contribution >= 4 is 10.0 Å². The van der Waals surface area contributed by atoms with Crippen LogP contribution in [0, 0.1) is 6.92 Å². The van der Waals surface area contributed by atoms with Gasteiger partial charge in [0.25, 0.3) is 0 Å². The first-order valence-corrected chi connectivity index (χ1v) is 8.03. The number of sulfonamides is 1. The second kappa shape index (κ2) is 5.79. The van der Waals surface area contributed by atoms with Crippen LogP contribution in [0.15, 0.2) is 12.1 Å². The minimum atomic E-state index is -3.19. The molecule has 1 aliphatic rings. The zero-order chi connectivity index (χ0) is 13.9. The van der Waals surface area contributed by atoms with E-state index in [0.29, 0.717) is 25.4 Å². The van der Waals surface area contributed by atoms with E-state index in [0.717, 1.165) is 16.9 Å². The molecule has 0 aliphatic carbocycles. The predicted octanol–water partition coefficient (Wildman–Crippen LogP) is 1.60. The molecule has 1 N–H and O–H groups in total. The van der Waals surface area contributed by atoms with Crippen LogP contribution in [-0.4, -0.2) is 27.4 Å². The van der Waals surface area contributed by atoms with Crippen LogP contribution in [0.1, 0.15) is 24.5 Å². The van der Waals surface area contributed by atoms with E-state index >= 15 is 0 Å². The molecule has 0 atom stereocenters. The van der Waals surface area contributed by atoms with E-state index < -0.39 is 10.0 Å². The summed E-state index contributed by atoms with van der Waals surface area (Å²) in [4.78, 5) is 0. The number of fused-ring (bicyclic) bond motifs is 1. The van der Waals surface area contributed by atoms with Crippen molar-refractivity contribution in [3.8, 4) is 11.5 Å². The van der Waals surface area contributed by atoms with Crippen molar-refractivity contribution in [2.45, 2.75) is 26.8 Å². The maximum absolute atomic E-state index is 11.6. The Hall–Kier alpha value is -1.27. The lowest BCUT2D eigenvalue weighted by Crippen LogP contribution is -2.26. The van der Waals surface area contributed by atoms with Gasteiger partial charge in [-0.25, -0.2) is 13.1 Å². The SMILES string of the molecule is CCCS(=O)(=O)NCc1cc2c(cc1C)OCCO2. The van der Waals surface area contributed by atoms with Crippen molar-refractivity contribution in [3.63, 3.8) is 0 Å². The molecule has 1 aromatic rings. The van der Waals surface area contributed by atoms with Gasteiger partial charge < -0.3 is 9.47 Å². The van der Waals surface area contributed by atoms with Gasteiger partial charge in [-0.05, 0) is 36.6 Å². The molecule has 0 bridgehead atoms. The van der Waals surface area contributed by atoms with Gasteiger partial charge in [0, 0.05) is 6.54 Å². The Bertz CT molecular complexity index is 554. The second-order valence-electron chi connectivity index (χ2n) is 4.56. The monoisotopic (exact) mass is 285 g/mol. The number of rotatable bonds is 5. The molecule has 0 unspecified atom stereocenters. The van der Waals surface area contributed by atoms with Crippen LogP contribution >= 0.6 is 0 Å². The number of ether oxygens (including phenoxy) is 2. The van der Waals surface area contributed by atoms with Crippen LogP contribution in [-0.2, 0) is 16.6 Å². The quantitative estimate of drug-likeness (QED) is 0.892. The zero-order valence-corrected chi connectivity index (χ0v) is 12.0. The topological polar surface area (TPSA) is 64.6 Å². The normalized spacial score (nSPS) is 14.4. The number of aryl methyl sites for hydroxylation is 1. The average Bonchev–Trinajstić information content (AvgIpc) is 2.36. The van der Waals surface area contributed by atoms with E-state index in [1.54, 1.807) is 0 Å². The van der Waals surface area contributed by atoms with E-state index in [-0.39, 0.29) is 12.3 Å². The molecule has 1 heterocycles. The van der Waals surface area contributed by atoms with E-state index in [1.165, 1.54) is 0 Å². The molecule has 5 nitrogen and oxygen atoms in total. The van der Waals surface area contributed by atoms with Crippen molar-refractivity contribution in [2.75, 3.05) is 19.0 Å². The van der Waals surface area contributed by atoms with Gasteiger partial charge in [-0.15, -0.1) is 0 Å². The fourth-order valence-corrected chi connectivity index (χ4v) is 3.01. The van der Waals surface area contributed by atoms with Crippen LogP contribution in [0.2, 0.25) is 0 Å². The predicted molar refractivity (Wildman–Crippen MR) is 73.1 cm³/mol. The van der Waals surface area contributed by atoms with Gasteiger partial charge in [-0.1, -0.05) is 6.92 Å². The summed E-state index contributed by atoms with van der Waals surface area (Å²) >= 11 is 0. The summed E-state index contributed by atoms with van der Waals surface area (Å²) < 4.78 is 36.8. The molecule has 0 saturated carbocycles. The minimum Gasteiger partial charge on any atom is -0.486 e. The van der Waals surface area contributed by atoms with E-state index in [4.69, 9.17) is 9.47 Å². The maximum atomic E-state index is 11.6. The largest absolute Gasteiger partial charge is 0.486 e. The molecule has 1 aliphatic heterocycles. The molecule has 6 heteroatoms.